The molecule has 0 unspecified atom stereocenters. The largest absolute Gasteiger partial charge is 0.300 e. The monoisotopic (exact) mass is 219 g/mol. The summed E-state index contributed by atoms with van der Waals surface area (Å²) >= 11 is 3.50. The van der Waals surface area contributed by atoms with Crippen LogP contribution in [0.5, 0.6) is 0 Å². The first-order chi connectivity index (χ1) is 5.29. The summed E-state index contributed by atoms with van der Waals surface area (Å²) in [7, 11) is 2.27. The van der Waals surface area contributed by atoms with E-state index in [0.717, 1.165) is 17.4 Å². The Morgan fingerprint density at radius 2 is 2.00 bits per heavy atom. The van der Waals surface area contributed by atoms with Crippen molar-refractivity contribution in [3.05, 3.63) is 0 Å². The van der Waals surface area contributed by atoms with E-state index in [-0.39, 0.29) is 0 Å². The highest BCUT2D eigenvalue weighted by molar-refractivity contribution is 9.09. The minimum absolute atomic E-state index is 0.847. The molecule has 1 aliphatic heterocycles. The highest BCUT2D eigenvalue weighted by Gasteiger charge is 2.27. The standard InChI is InChI=1S/C9H18BrN/c1-3-8-4-5-9(6-7-10)11(8)2/h8-9H,3-7H2,1-2H3/t8-,9-/m1/s1. The SMILES string of the molecule is CC[C@@H]1CC[C@H](CCBr)N1C. The summed E-state index contributed by atoms with van der Waals surface area (Å²) in [6.07, 6.45) is 5.44. The predicted octanol–water partition coefficient (Wildman–Crippen LogP) is 2.64. The molecule has 1 rings (SSSR count). The second kappa shape index (κ2) is 4.46. The highest BCUT2D eigenvalue weighted by atomic mass is 79.9. The molecular formula is C9H18BrN. The molecule has 66 valence electrons. The maximum Gasteiger partial charge on any atom is 0.0104 e. The molecule has 0 N–H and O–H groups in total. The molecule has 0 saturated carbocycles. The van der Waals surface area contributed by atoms with Crippen molar-refractivity contribution in [2.75, 3.05) is 12.4 Å². The van der Waals surface area contributed by atoms with Crippen LogP contribution in [0.2, 0.25) is 0 Å². The molecule has 0 bridgehead atoms. The Morgan fingerprint density at radius 3 is 2.45 bits per heavy atom. The molecule has 1 aliphatic rings. The van der Waals surface area contributed by atoms with Crippen LogP contribution in [0, 0.1) is 0 Å². The lowest BCUT2D eigenvalue weighted by Gasteiger charge is -2.24. The van der Waals surface area contributed by atoms with Crippen LogP contribution in [0.1, 0.15) is 32.6 Å². The van der Waals surface area contributed by atoms with Crippen LogP contribution in [-0.2, 0) is 0 Å². The quantitative estimate of drug-likeness (QED) is 0.661. The summed E-state index contributed by atoms with van der Waals surface area (Å²) in [5, 5.41) is 1.15. The maximum atomic E-state index is 3.50. The van der Waals surface area contributed by atoms with Crippen molar-refractivity contribution in [3.8, 4) is 0 Å². The van der Waals surface area contributed by atoms with Crippen molar-refractivity contribution in [1.82, 2.24) is 4.90 Å². The van der Waals surface area contributed by atoms with Gasteiger partial charge in [0.2, 0.25) is 0 Å². The summed E-state index contributed by atoms with van der Waals surface area (Å²) in [5.41, 5.74) is 0. The number of halogens is 1. The van der Waals surface area contributed by atoms with Crippen LogP contribution in [0.3, 0.4) is 0 Å². The second-order valence-corrected chi connectivity index (χ2v) is 4.23. The van der Waals surface area contributed by atoms with Gasteiger partial charge in [0.25, 0.3) is 0 Å². The molecular weight excluding hydrogens is 202 g/mol. The molecule has 1 fully saturated rings. The van der Waals surface area contributed by atoms with E-state index in [1.807, 2.05) is 0 Å². The van der Waals surface area contributed by atoms with Gasteiger partial charge < -0.3 is 4.90 Å². The Kier molecular flexibility index (Phi) is 3.86. The summed E-state index contributed by atoms with van der Waals surface area (Å²) in [6, 6.07) is 1.71. The average Bonchev–Trinajstić information content (AvgIpc) is 2.34. The second-order valence-electron chi connectivity index (χ2n) is 3.44. The number of alkyl halides is 1. The van der Waals surface area contributed by atoms with E-state index in [2.05, 4.69) is 34.8 Å². The Morgan fingerprint density at radius 1 is 1.36 bits per heavy atom. The van der Waals surface area contributed by atoms with Gasteiger partial charge in [0, 0.05) is 17.4 Å². The number of likely N-dealkylation sites (tertiary alicyclic amines) is 1. The normalized spacial score (nSPS) is 33.0. The van der Waals surface area contributed by atoms with E-state index in [0.29, 0.717) is 0 Å². The van der Waals surface area contributed by atoms with E-state index >= 15 is 0 Å². The third-order valence-electron chi connectivity index (χ3n) is 2.90. The minimum Gasteiger partial charge on any atom is -0.300 e. The first kappa shape index (κ1) is 9.53. The van der Waals surface area contributed by atoms with Gasteiger partial charge in [-0.25, -0.2) is 0 Å². The summed E-state index contributed by atoms with van der Waals surface area (Å²) in [6.45, 7) is 2.29. The number of rotatable bonds is 3. The molecule has 0 radical (unpaired) electrons. The first-order valence-electron chi connectivity index (χ1n) is 4.57. The van der Waals surface area contributed by atoms with E-state index in [9.17, 15) is 0 Å². The number of hydrogen-bond donors (Lipinski definition) is 0. The summed E-state index contributed by atoms with van der Waals surface area (Å²) < 4.78 is 0. The zero-order chi connectivity index (χ0) is 8.27. The predicted molar refractivity (Wildman–Crippen MR) is 53.3 cm³/mol. The van der Waals surface area contributed by atoms with Crippen LogP contribution >= 0.6 is 15.9 Å². The van der Waals surface area contributed by atoms with Crippen molar-refractivity contribution in [3.63, 3.8) is 0 Å². The van der Waals surface area contributed by atoms with Crippen molar-refractivity contribution < 1.29 is 0 Å². The summed E-state index contributed by atoms with van der Waals surface area (Å²) in [5.74, 6) is 0. The van der Waals surface area contributed by atoms with Gasteiger partial charge in [0.05, 0.1) is 0 Å². The number of hydrogen-bond acceptors (Lipinski definition) is 1. The van der Waals surface area contributed by atoms with E-state index < -0.39 is 0 Å². The Hall–Kier alpha value is 0.440. The van der Waals surface area contributed by atoms with Gasteiger partial charge in [-0.05, 0) is 32.7 Å². The van der Waals surface area contributed by atoms with E-state index in [1.165, 1.54) is 25.7 Å². The lowest BCUT2D eigenvalue weighted by Crippen LogP contribution is -2.31. The third kappa shape index (κ3) is 2.19. The third-order valence-corrected chi connectivity index (χ3v) is 3.36. The first-order valence-corrected chi connectivity index (χ1v) is 5.69. The fourth-order valence-electron chi connectivity index (χ4n) is 2.06. The fraction of sp³-hybridized carbons (Fsp3) is 1.00. The molecule has 0 aromatic carbocycles. The van der Waals surface area contributed by atoms with Crippen molar-refractivity contribution >= 4 is 15.9 Å². The highest BCUT2D eigenvalue weighted by Crippen LogP contribution is 2.26. The van der Waals surface area contributed by atoms with Crippen LogP contribution in [0.15, 0.2) is 0 Å². The number of nitrogens with zero attached hydrogens (tertiary/aromatic N) is 1. The van der Waals surface area contributed by atoms with Gasteiger partial charge in [0.15, 0.2) is 0 Å². The van der Waals surface area contributed by atoms with Gasteiger partial charge in [0.1, 0.15) is 0 Å². The zero-order valence-electron chi connectivity index (χ0n) is 7.52. The van der Waals surface area contributed by atoms with Crippen molar-refractivity contribution in [1.29, 1.82) is 0 Å². The van der Waals surface area contributed by atoms with Gasteiger partial charge in [-0.15, -0.1) is 0 Å². The van der Waals surface area contributed by atoms with Crippen LogP contribution in [-0.4, -0.2) is 29.4 Å². The lowest BCUT2D eigenvalue weighted by atomic mass is 10.1. The van der Waals surface area contributed by atoms with Crippen LogP contribution in [0.25, 0.3) is 0 Å². The van der Waals surface area contributed by atoms with Crippen molar-refractivity contribution in [2.24, 2.45) is 0 Å². The lowest BCUT2D eigenvalue weighted by molar-refractivity contribution is 0.232. The molecule has 0 amide bonds. The zero-order valence-corrected chi connectivity index (χ0v) is 9.10. The van der Waals surface area contributed by atoms with E-state index in [1.54, 1.807) is 0 Å². The van der Waals surface area contributed by atoms with Gasteiger partial charge >= 0.3 is 0 Å². The van der Waals surface area contributed by atoms with E-state index in [4.69, 9.17) is 0 Å². The molecule has 0 aromatic rings. The Bertz CT molecular complexity index is 116. The topological polar surface area (TPSA) is 3.24 Å². The molecule has 1 saturated heterocycles. The summed E-state index contributed by atoms with van der Waals surface area (Å²) in [4.78, 5) is 2.56. The Labute approximate surface area is 78.3 Å². The minimum atomic E-state index is 0.847. The van der Waals surface area contributed by atoms with Gasteiger partial charge in [-0.2, -0.15) is 0 Å². The van der Waals surface area contributed by atoms with Crippen molar-refractivity contribution in [2.45, 2.75) is 44.7 Å². The molecule has 1 heterocycles. The molecule has 2 atom stereocenters. The smallest absolute Gasteiger partial charge is 0.0104 e. The maximum absolute atomic E-state index is 3.50. The van der Waals surface area contributed by atoms with Gasteiger partial charge in [-0.3, -0.25) is 0 Å². The fourth-order valence-corrected chi connectivity index (χ4v) is 2.58. The molecule has 0 aromatic heterocycles. The van der Waals surface area contributed by atoms with Crippen LogP contribution < -0.4 is 0 Å². The average molecular weight is 220 g/mol. The van der Waals surface area contributed by atoms with Crippen LogP contribution in [0.4, 0.5) is 0 Å². The molecule has 1 nitrogen and oxygen atoms in total. The molecule has 11 heavy (non-hydrogen) atoms. The Balaban J connectivity index is 2.35. The van der Waals surface area contributed by atoms with Gasteiger partial charge in [-0.1, -0.05) is 22.9 Å². The molecule has 2 heteroatoms. The molecule has 0 spiro atoms. The molecule has 0 aliphatic carbocycles.